The molecule has 0 aliphatic carbocycles. The summed E-state index contributed by atoms with van der Waals surface area (Å²) in [5, 5.41) is 0. The predicted molar refractivity (Wildman–Crippen MR) is 145 cm³/mol. The Morgan fingerprint density at radius 2 is 1.78 bits per heavy atom. The lowest BCUT2D eigenvalue weighted by Crippen LogP contribution is -2.36. The molecule has 2 aliphatic rings. The number of benzene rings is 1. The lowest BCUT2D eigenvalue weighted by molar-refractivity contribution is -0.140. The number of hydrogen-bond acceptors (Lipinski definition) is 6. The van der Waals surface area contributed by atoms with E-state index in [2.05, 4.69) is 18.7 Å². The zero-order chi connectivity index (χ0) is 25.9. The van der Waals surface area contributed by atoms with E-state index in [9.17, 15) is 9.59 Å². The molecule has 0 atom stereocenters. The van der Waals surface area contributed by atoms with Crippen LogP contribution < -0.4 is 4.74 Å². The minimum atomic E-state index is -0.406. The average molecular weight is 511 g/mol. The SMILES string of the molecule is Cc1cc2c(s1)C(C)(C)CN(C(=O)c1ccc(OCCN3CCCCC3)cc1)C=C2C(=O)OC(C)C. The number of thiophene rings is 1. The normalized spacial score (nSPS) is 17.8. The molecule has 0 radical (unpaired) electrons. The van der Waals surface area contributed by atoms with Crippen molar-refractivity contribution in [2.75, 3.05) is 32.8 Å². The van der Waals surface area contributed by atoms with Crippen molar-refractivity contribution in [3.8, 4) is 5.75 Å². The van der Waals surface area contributed by atoms with Gasteiger partial charge in [-0.3, -0.25) is 9.69 Å². The molecule has 1 fully saturated rings. The van der Waals surface area contributed by atoms with E-state index in [0.717, 1.165) is 40.7 Å². The van der Waals surface area contributed by atoms with E-state index in [1.54, 1.807) is 34.6 Å². The largest absolute Gasteiger partial charge is 0.492 e. The van der Waals surface area contributed by atoms with Gasteiger partial charge in [-0.25, -0.2) is 4.79 Å². The highest BCUT2D eigenvalue weighted by atomic mass is 32.1. The molecular formula is C29H38N2O4S. The van der Waals surface area contributed by atoms with E-state index >= 15 is 0 Å². The van der Waals surface area contributed by atoms with E-state index in [4.69, 9.17) is 9.47 Å². The van der Waals surface area contributed by atoms with Crippen LogP contribution in [0.15, 0.2) is 36.5 Å². The first kappa shape index (κ1) is 26.4. The maximum atomic E-state index is 13.6. The Labute approximate surface area is 218 Å². The minimum Gasteiger partial charge on any atom is -0.492 e. The quantitative estimate of drug-likeness (QED) is 0.451. The third-order valence-electron chi connectivity index (χ3n) is 6.66. The molecule has 0 bridgehead atoms. The summed E-state index contributed by atoms with van der Waals surface area (Å²) in [4.78, 5) is 33.0. The number of piperidine rings is 1. The number of hydrogen-bond donors (Lipinski definition) is 0. The van der Waals surface area contributed by atoms with E-state index in [1.807, 2.05) is 39.0 Å². The summed E-state index contributed by atoms with van der Waals surface area (Å²) in [6, 6.07) is 9.33. The van der Waals surface area contributed by atoms with Gasteiger partial charge in [-0.05, 0) is 77.0 Å². The van der Waals surface area contributed by atoms with Crippen LogP contribution in [0, 0.1) is 6.92 Å². The van der Waals surface area contributed by atoms with Gasteiger partial charge in [0.2, 0.25) is 0 Å². The molecule has 7 heteroatoms. The van der Waals surface area contributed by atoms with Crippen molar-refractivity contribution in [1.29, 1.82) is 0 Å². The fourth-order valence-electron chi connectivity index (χ4n) is 4.89. The number of carbonyl (C=O) groups excluding carboxylic acids is 2. The van der Waals surface area contributed by atoms with Crippen LogP contribution in [0.1, 0.15) is 72.6 Å². The zero-order valence-corrected chi connectivity index (χ0v) is 23.0. The molecule has 2 aromatic rings. The fraction of sp³-hybridized carbons (Fsp3) is 0.517. The first-order valence-electron chi connectivity index (χ1n) is 12.9. The molecule has 194 valence electrons. The zero-order valence-electron chi connectivity index (χ0n) is 22.1. The number of ether oxygens (including phenoxy) is 2. The molecule has 1 aromatic carbocycles. The Balaban J connectivity index is 1.51. The summed E-state index contributed by atoms with van der Waals surface area (Å²) in [5.74, 6) is 0.204. The molecule has 1 amide bonds. The van der Waals surface area contributed by atoms with E-state index in [-0.39, 0.29) is 17.4 Å². The van der Waals surface area contributed by atoms with Crippen LogP contribution in [0.25, 0.3) is 5.57 Å². The van der Waals surface area contributed by atoms with E-state index < -0.39 is 5.97 Å². The second-order valence-corrected chi connectivity index (χ2v) is 11.9. The summed E-state index contributed by atoms with van der Waals surface area (Å²) in [6.45, 7) is 14.3. The topological polar surface area (TPSA) is 59.1 Å². The molecule has 3 heterocycles. The number of esters is 1. The van der Waals surface area contributed by atoms with Crippen molar-refractivity contribution >= 4 is 28.8 Å². The van der Waals surface area contributed by atoms with Crippen molar-refractivity contribution in [3.05, 3.63) is 57.4 Å². The number of rotatable bonds is 7. The minimum absolute atomic E-state index is 0.148. The second kappa shape index (κ2) is 11.2. The Kier molecular flexibility index (Phi) is 8.20. The third-order valence-corrected chi connectivity index (χ3v) is 8.08. The van der Waals surface area contributed by atoms with E-state index in [0.29, 0.717) is 24.3 Å². The smallest absolute Gasteiger partial charge is 0.340 e. The van der Waals surface area contributed by atoms with Crippen LogP contribution in [-0.2, 0) is 14.9 Å². The maximum absolute atomic E-state index is 13.6. The van der Waals surface area contributed by atoms with Gasteiger partial charge in [-0.2, -0.15) is 0 Å². The fourth-order valence-corrected chi connectivity index (χ4v) is 6.01. The lowest BCUT2D eigenvalue weighted by Gasteiger charge is -2.29. The Bertz CT molecular complexity index is 1110. The van der Waals surface area contributed by atoms with Crippen molar-refractivity contribution in [2.45, 2.75) is 65.4 Å². The monoisotopic (exact) mass is 510 g/mol. The van der Waals surface area contributed by atoms with Crippen molar-refractivity contribution in [2.24, 2.45) is 0 Å². The molecule has 4 rings (SSSR count). The number of aryl methyl sites for hydroxylation is 1. The van der Waals surface area contributed by atoms with Gasteiger partial charge in [-0.15, -0.1) is 11.3 Å². The molecule has 0 spiro atoms. The Morgan fingerprint density at radius 3 is 2.44 bits per heavy atom. The molecule has 0 saturated carbocycles. The molecular weight excluding hydrogens is 472 g/mol. The van der Waals surface area contributed by atoms with Gasteiger partial charge in [-0.1, -0.05) is 20.3 Å². The van der Waals surface area contributed by atoms with Crippen LogP contribution in [0.5, 0.6) is 5.75 Å². The molecule has 36 heavy (non-hydrogen) atoms. The van der Waals surface area contributed by atoms with Gasteiger partial charge in [0.25, 0.3) is 5.91 Å². The predicted octanol–water partition coefficient (Wildman–Crippen LogP) is 5.65. The summed E-state index contributed by atoms with van der Waals surface area (Å²) in [5.41, 5.74) is 1.53. The summed E-state index contributed by atoms with van der Waals surface area (Å²) in [6.07, 6.45) is 5.29. The molecule has 1 saturated heterocycles. The van der Waals surface area contributed by atoms with Crippen molar-refractivity contribution < 1.29 is 19.1 Å². The summed E-state index contributed by atoms with van der Waals surface area (Å²) < 4.78 is 11.5. The van der Waals surface area contributed by atoms with Crippen molar-refractivity contribution in [1.82, 2.24) is 9.80 Å². The van der Waals surface area contributed by atoms with Crippen LogP contribution in [0.2, 0.25) is 0 Å². The van der Waals surface area contributed by atoms with Gasteiger partial charge < -0.3 is 14.4 Å². The number of likely N-dealkylation sites (tertiary alicyclic amines) is 1. The highest BCUT2D eigenvalue weighted by Gasteiger charge is 2.36. The summed E-state index contributed by atoms with van der Waals surface area (Å²) in [7, 11) is 0. The third kappa shape index (κ3) is 6.19. The molecule has 0 unspecified atom stereocenters. The molecule has 1 aromatic heterocycles. The van der Waals surface area contributed by atoms with Crippen LogP contribution in [0.4, 0.5) is 0 Å². The van der Waals surface area contributed by atoms with Crippen LogP contribution in [-0.4, -0.2) is 60.6 Å². The van der Waals surface area contributed by atoms with Crippen LogP contribution in [0.3, 0.4) is 0 Å². The summed E-state index contributed by atoms with van der Waals surface area (Å²) >= 11 is 1.67. The van der Waals surface area contributed by atoms with Crippen LogP contribution >= 0.6 is 11.3 Å². The number of nitrogens with zero attached hydrogens (tertiary/aromatic N) is 2. The second-order valence-electron chi connectivity index (χ2n) is 10.7. The molecule has 2 aliphatic heterocycles. The van der Waals surface area contributed by atoms with E-state index in [1.165, 1.54) is 19.3 Å². The van der Waals surface area contributed by atoms with Gasteiger partial charge >= 0.3 is 5.97 Å². The first-order chi connectivity index (χ1) is 17.1. The number of fused-ring (bicyclic) bond motifs is 1. The Morgan fingerprint density at radius 1 is 1.08 bits per heavy atom. The van der Waals surface area contributed by atoms with Gasteiger partial charge in [0.05, 0.1) is 11.7 Å². The van der Waals surface area contributed by atoms with Crippen molar-refractivity contribution in [3.63, 3.8) is 0 Å². The highest BCUT2D eigenvalue weighted by Crippen LogP contribution is 2.41. The highest BCUT2D eigenvalue weighted by molar-refractivity contribution is 7.12. The average Bonchev–Trinajstić information content (AvgIpc) is 3.19. The maximum Gasteiger partial charge on any atom is 0.340 e. The number of amides is 1. The molecule has 6 nitrogen and oxygen atoms in total. The standard InChI is InChI=1S/C29H38N2O4S/c1-20(2)35-28(33)25-18-31(19-29(4,5)26-24(25)17-21(3)36-26)27(32)22-9-11-23(12-10-22)34-16-15-30-13-7-6-8-14-30/h9-12,17-18,20H,6-8,13-16,19H2,1-5H3. The lowest BCUT2D eigenvalue weighted by atomic mass is 9.88. The molecule has 0 N–H and O–H groups in total. The first-order valence-corrected chi connectivity index (χ1v) is 13.8. The van der Waals surface area contributed by atoms with Gasteiger partial charge in [0.1, 0.15) is 12.4 Å². The van der Waals surface area contributed by atoms with Gasteiger partial charge in [0.15, 0.2) is 0 Å². The Hall–Kier alpha value is -2.64. The van der Waals surface area contributed by atoms with Gasteiger partial charge in [0, 0.05) is 45.6 Å². The number of carbonyl (C=O) groups is 2.